The third-order valence-corrected chi connectivity index (χ3v) is 5.80. The molecule has 0 aliphatic rings. The number of hydrogen-bond donors (Lipinski definition) is 1. The Morgan fingerprint density at radius 3 is 2.50 bits per heavy atom. The van der Waals surface area contributed by atoms with E-state index in [1.165, 1.54) is 28.8 Å². The zero-order chi connectivity index (χ0) is 25.2. The predicted octanol–water partition coefficient (Wildman–Crippen LogP) is 5.20. The van der Waals surface area contributed by atoms with E-state index >= 15 is 4.39 Å². The second-order valence-electron chi connectivity index (χ2n) is 8.01. The van der Waals surface area contributed by atoms with Crippen molar-refractivity contribution >= 4 is 34.6 Å². The molecule has 34 heavy (non-hydrogen) atoms. The van der Waals surface area contributed by atoms with Gasteiger partial charge in [-0.3, -0.25) is 4.79 Å². The van der Waals surface area contributed by atoms with Gasteiger partial charge in [0.1, 0.15) is 23.8 Å². The van der Waals surface area contributed by atoms with E-state index in [1.54, 1.807) is 13.8 Å². The lowest BCUT2D eigenvalue weighted by Crippen LogP contribution is -2.27. The largest absolute Gasteiger partial charge is 0.508 e. The maximum Gasteiger partial charge on any atom is 0.508 e. The number of carbonyl (C=O) groups is 2. The Balaban J connectivity index is 2.22. The first kappa shape index (κ1) is 25.2. The molecule has 1 aromatic heterocycles. The number of aromatic nitrogens is 1. The number of carbonyl (C=O) groups excluding carboxylic acids is 1. The summed E-state index contributed by atoms with van der Waals surface area (Å²) in [6.07, 6.45) is -0.0376. The van der Waals surface area contributed by atoms with Gasteiger partial charge >= 0.3 is 12.1 Å². The number of methoxy groups -OCH3 is 1. The van der Waals surface area contributed by atoms with Gasteiger partial charge in [-0.15, -0.1) is 0 Å². The van der Waals surface area contributed by atoms with Crippen LogP contribution in [0, 0.1) is 17.6 Å². The fourth-order valence-corrected chi connectivity index (χ4v) is 3.87. The van der Waals surface area contributed by atoms with E-state index in [-0.39, 0.29) is 46.0 Å². The van der Waals surface area contributed by atoms with E-state index in [0.29, 0.717) is 0 Å². The summed E-state index contributed by atoms with van der Waals surface area (Å²) in [5.74, 6) is -3.11. The normalized spacial score (nSPS) is 12.1. The average Bonchev–Trinajstić information content (AvgIpc) is 2.78. The highest BCUT2D eigenvalue weighted by Crippen LogP contribution is 2.28. The molecule has 1 N–H and O–H groups in total. The van der Waals surface area contributed by atoms with Crippen LogP contribution in [0.4, 0.5) is 13.6 Å². The van der Waals surface area contributed by atoms with Gasteiger partial charge < -0.3 is 19.1 Å². The maximum absolute atomic E-state index is 15.1. The van der Waals surface area contributed by atoms with Crippen LogP contribution in [-0.2, 0) is 15.9 Å². The van der Waals surface area contributed by atoms with Gasteiger partial charge in [-0.1, -0.05) is 37.6 Å². The Labute approximate surface area is 198 Å². The molecule has 0 radical (unpaired) electrons. The van der Waals surface area contributed by atoms with Crippen LogP contribution in [0.25, 0.3) is 10.9 Å². The molecular weight excluding hydrogens is 472 g/mol. The number of hydrogen-bond acceptors (Lipinski definition) is 5. The standard InChI is InChI=1S/C24H22ClF2NO6/c1-12(2)20(11-34-24(32)33-3)28-10-16(23(30)31)22(29)15-8-14(18(26)9-19(15)28)7-13-5-4-6-17(25)21(13)27/h4-6,8-10,12,20H,7,11H2,1-3H3,(H,30,31). The first-order valence-corrected chi connectivity index (χ1v) is 10.7. The highest BCUT2D eigenvalue weighted by Gasteiger charge is 2.24. The van der Waals surface area contributed by atoms with Crippen LogP contribution in [0.3, 0.4) is 0 Å². The number of nitrogens with zero attached hydrogens (tertiary/aromatic N) is 1. The number of ether oxygens (including phenoxy) is 2. The van der Waals surface area contributed by atoms with Crippen molar-refractivity contribution in [2.75, 3.05) is 13.7 Å². The summed E-state index contributed by atoms with van der Waals surface area (Å²) in [6, 6.07) is 5.98. The third kappa shape index (κ3) is 5.04. The van der Waals surface area contributed by atoms with Crippen molar-refractivity contribution in [3.8, 4) is 0 Å². The Bertz CT molecular complexity index is 1320. The number of pyridine rings is 1. The van der Waals surface area contributed by atoms with Crippen LogP contribution < -0.4 is 5.43 Å². The fourth-order valence-electron chi connectivity index (χ4n) is 3.67. The molecule has 0 fully saturated rings. The lowest BCUT2D eigenvalue weighted by atomic mass is 9.99. The van der Waals surface area contributed by atoms with Crippen LogP contribution in [0.5, 0.6) is 0 Å². The lowest BCUT2D eigenvalue weighted by molar-refractivity contribution is 0.0553. The van der Waals surface area contributed by atoms with E-state index in [0.717, 1.165) is 19.4 Å². The minimum atomic E-state index is -1.47. The molecule has 3 rings (SSSR count). The Hall–Kier alpha value is -3.46. The van der Waals surface area contributed by atoms with Gasteiger partial charge in [0, 0.05) is 18.0 Å². The maximum atomic E-state index is 15.1. The molecule has 0 saturated carbocycles. The van der Waals surface area contributed by atoms with Gasteiger partial charge in [0.25, 0.3) is 0 Å². The van der Waals surface area contributed by atoms with Crippen LogP contribution in [0.1, 0.15) is 41.4 Å². The highest BCUT2D eigenvalue weighted by molar-refractivity contribution is 6.30. The van der Waals surface area contributed by atoms with Crippen LogP contribution in [0.15, 0.2) is 41.3 Å². The summed E-state index contributed by atoms with van der Waals surface area (Å²) in [5.41, 5.74) is -1.14. The van der Waals surface area contributed by atoms with E-state index < -0.39 is 40.8 Å². The molecule has 0 amide bonds. The van der Waals surface area contributed by atoms with E-state index in [4.69, 9.17) is 16.3 Å². The lowest BCUT2D eigenvalue weighted by Gasteiger charge is -2.26. The molecule has 3 aromatic rings. The van der Waals surface area contributed by atoms with Crippen molar-refractivity contribution in [3.63, 3.8) is 0 Å². The van der Waals surface area contributed by atoms with E-state index in [9.17, 15) is 23.9 Å². The zero-order valence-corrected chi connectivity index (χ0v) is 19.4. The van der Waals surface area contributed by atoms with Crippen LogP contribution >= 0.6 is 11.6 Å². The van der Waals surface area contributed by atoms with Crippen LogP contribution in [-0.4, -0.2) is 35.5 Å². The molecule has 1 unspecified atom stereocenters. The minimum absolute atomic E-state index is 0.00763. The van der Waals surface area contributed by atoms with Gasteiger partial charge in [-0.2, -0.15) is 0 Å². The number of halogens is 3. The quantitative estimate of drug-likeness (QED) is 0.454. The molecule has 0 aliphatic heterocycles. The number of carboxylic acid groups (broad SMARTS) is 1. The molecule has 0 bridgehead atoms. The number of fused-ring (bicyclic) bond motifs is 1. The summed E-state index contributed by atoms with van der Waals surface area (Å²) >= 11 is 5.81. The molecule has 0 spiro atoms. The smallest absolute Gasteiger partial charge is 0.477 e. The first-order chi connectivity index (χ1) is 16.0. The molecule has 0 aliphatic carbocycles. The SMILES string of the molecule is COC(=O)OCC(C(C)C)n1cc(C(=O)O)c(=O)c2cc(Cc3cccc(Cl)c3F)c(F)cc21. The molecule has 1 heterocycles. The van der Waals surface area contributed by atoms with Crippen molar-refractivity contribution in [3.05, 3.63) is 80.1 Å². The van der Waals surface area contributed by atoms with E-state index in [1.807, 2.05) is 0 Å². The highest BCUT2D eigenvalue weighted by atomic mass is 35.5. The summed E-state index contributed by atoms with van der Waals surface area (Å²) in [7, 11) is 1.14. The summed E-state index contributed by atoms with van der Waals surface area (Å²) in [6.45, 7) is 3.38. The van der Waals surface area contributed by atoms with Crippen molar-refractivity contribution < 1.29 is 33.0 Å². The number of carboxylic acids is 1. The summed E-state index contributed by atoms with van der Waals surface area (Å²) in [5, 5.41) is 9.40. The molecular formula is C24H22ClF2NO6. The molecule has 0 saturated heterocycles. The number of aromatic carboxylic acids is 1. The van der Waals surface area contributed by atoms with E-state index in [2.05, 4.69) is 4.74 Å². The van der Waals surface area contributed by atoms with Gasteiger partial charge in [0.15, 0.2) is 0 Å². The second kappa shape index (κ2) is 10.2. The fraction of sp³-hybridized carbons (Fsp3) is 0.292. The molecule has 7 nitrogen and oxygen atoms in total. The number of rotatable bonds is 7. The third-order valence-electron chi connectivity index (χ3n) is 5.51. The summed E-state index contributed by atoms with van der Waals surface area (Å²) < 4.78 is 40.5. The minimum Gasteiger partial charge on any atom is -0.477 e. The van der Waals surface area contributed by atoms with Gasteiger partial charge in [-0.05, 0) is 35.2 Å². The monoisotopic (exact) mass is 493 g/mol. The second-order valence-corrected chi connectivity index (χ2v) is 8.42. The van der Waals surface area contributed by atoms with Crippen molar-refractivity contribution in [1.82, 2.24) is 4.57 Å². The Morgan fingerprint density at radius 1 is 1.18 bits per heavy atom. The van der Waals surface area contributed by atoms with Gasteiger partial charge in [0.2, 0.25) is 5.43 Å². The van der Waals surface area contributed by atoms with Gasteiger partial charge in [0.05, 0.1) is 23.7 Å². The molecule has 1 atom stereocenters. The summed E-state index contributed by atoms with van der Waals surface area (Å²) in [4.78, 5) is 36.2. The first-order valence-electron chi connectivity index (χ1n) is 10.3. The average molecular weight is 494 g/mol. The zero-order valence-electron chi connectivity index (χ0n) is 18.6. The Kier molecular flexibility index (Phi) is 7.56. The molecule has 2 aromatic carbocycles. The van der Waals surface area contributed by atoms with Crippen molar-refractivity contribution in [2.24, 2.45) is 5.92 Å². The van der Waals surface area contributed by atoms with Crippen molar-refractivity contribution in [2.45, 2.75) is 26.3 Å². The molecule has 10 heteroatoms. The molecule has 180 valence electrons. The predicted molar refractivity (Wildman–Crippen MR) is 122 cm³/mol. The van der Waals surface area contributed by atoms with Crippen molar-refractivity contribution in [1.29, 1.82) is 0 Å². The number of benzene rings is 2. The van der Waals surface area contributed by atoms with Gasteiger partial charge in [-0.25, -0.2) is 18.4 Å². The topological polar surface area (TPSA) is 94.8 Å². The Morgan fingerprint density at radius 2 is 1.88 bits per heavy atom. The van der Waals surface area contributed by atoms with Crippen LogP contribution in [0.2, 0.25) is 5.02 Å².